The summed E-state index contributed by atoms with van der Waals surface area (Å²) in [6, 6.07) is 0.359. The lowest BCUT2D eigenvalue weighted by Gasteiger charge is -2.00. The second-order valence-corrected chi connectivity index (χ2v) is 2.16. The van der Waals surface area contributed by atoms with Crippen molar-refractivity contribution in [3.63, 3.8) is 0 Å². The Morgan fingerprint density at radius 1 is 1.67 bits per heavy atom. The fourth-order valence-corrected chi connectivity index (χ4v) is 0.572. The first-order chi connectivity index (χ1) is 4.16. The largest absolute Gasteiger partial charge is 0.351 e. The third kappa shape index (κ3) is 5.07. The quantitative estimate of drug-likeness (QED) is 0.440. The number of amidine groups is 1. The molecule has 2 heteroatoms. The highest BCUT2D eigenvalue weighted by Crippen LogP contribution is 1.85. The van der Waals surface area contributed by atoms with Gasteiger partial charge in [-0.2, -0.15) is 0 Å². The van der Waals surface area contributed by atoms with E-state index >= 15 is 0 Å². The van der Waals surface area contributed by atoms with Gasteiger partial charge in [-0.3, -0.25) is 4.99 Å². The predicted octanol–water partition coefficient (Wildman–Crippen LogP) is 1.55. The van der Waals surface area contributed by atoms with Crippen molar-refractivity contribution in [3.05, 3.63) is 12.8 Å². The van der Waals surface area contributed by atoms with Gasteiger partial charge >= 0.3 is 0 Å². The first-order valence-corrected chi connectivity index (χ1v) is 3.08. The van der Waals surface area contributed by atoms with Crippen LogP contribution in [0.5, 0.6) is 0 Å². The number of hydrogen-bond donors (Lipinski definition) is 1. The third-order valence-corrected chi connectivity index (χ3v) is 0.763. The molecule has 0 atom stereocenters. The van der Waals surface area contributed by atoms with Gasteiger partial charge in [-0.1, -0.05) is 6.58 Å². The minimum Gasteiger partial charge on any atom is -0.351 e. The Morgan fingerprint density at radius 2 is 2.22 bits per heavy atom. The Labute approximate surface area is 56.7 Å². The van der Waals surface area contributed by atoms with Crippen molar-refractivity contribution in [3.8, 4) is 0 Å². The van der Waals surface area contributed by atoms with Crippen molar-refractivity contribution < 1.29 is 0 Å². The summed E-state index contributed by atoms with van der Waals surface area (Å²) in [5, 5.41) is 2.89. The molecule has 0 aliphatic heterocycles. The number of hydrogen-bond acceptors (Lipinski definition) is 1. The molecular formula is C7H14N2. The van der Waals surface area contributed by atoms with E-state index in [9.17, 15) is 0 Å². The van der Waals surface area contributed by atoms with E-state index < -0.39 is 0 Å². The first-order valence-electron chi connectivity index (χ1n) is 3.08. The summed E-state index contributed by atoms with van der Waals surface area (Å²) < 4.78 is 0. The van der Waals surface area contributed by atoms with Gasteiger partial charge in [0.25, 0.3) is 0 Å². The standard InChI is InChI=1S/C7H14N2/c1-5-8-7(4)9-6(2)3/h5-6H,1H2,2-4H3,(H,8,9). The van der Waals surface area contributed by atoms with Crippen LogP contribution in [0.3, 0.4) is 0 Å². The molecule has 0 spiro atoms. The summed E-state index contributed by atoms with van der Waals surface area (Å²) in [5.41, 5.74) is 0. The molecule has 0 radical (unpaired) electrons. The summed E-state index contributed by atoms with van der Waals surface area (Å²) in [7, 11) is 0. The van der Waals surface area contributed by atoms with Crippen molar-refractivity contribution in [2.75, 3.05) is 0 Å². The molecule has 0 aromatic heterocycles. The molecule has 0 aliphatic carbocycles. The van der Waals surface area contributed by atoms with Crippen molar-refractivity contribution >= 4 is 5.84 Å². The Morgan fingerprint density at radius 3 is 2.56 bits per heavy atom. The lowest BCUT2D eigenvalue weighted by Crippen LogP contribution is -2.14. The number of nitrogens with one attached hydrogen (secondary N) is 1. The molecule has 0 heterocycles. The van der Waals surface area contributed by atoms with Gasteiger partial charge in [-0.25, -0.2) is 0 Å². The normalized spacial score (nSPS) is 11.8. The van der Waals surface area contributed by atoms with Gasteiger partial charge in [-0.05, 0) is 27.0 Å². The Hall–Kier alpha value is -0.790. The molecule has 0 saturated carbocycles. The van der Waals surface area contributed by atoms with Crippen molar-refractivity contribution in [1.29, 1.82) is 0 Å². The van der Waals surface area contributed by atoms with Crippen LogP contribution < -0.4 is 5.32 Å². The van der Waals surface area contributed by atoms with E-state index in [2.05, 4.69) is 16.9 Å². The van der Waals surface area contributed by atoms with Crippen LogP contribution in [0.15, 0.2) is 17.8 Å². The fraction of sp³-hybridized carbons (Fsp3) is 0.571. The van der Waals surface area contributed by atoms with E-state index in [1.54, 1.807) is 6.20 Å². The van der Waals surface area contributed by atoms with Crippen molar-refractivity contribution in [2.24, 2.45) is 4.99 Å². The molecule has 0 fully saturated rings. The first kappa shape index (κ1) is 8.21. The van der Waals surface area contributed by atoms with E-state index in [1.807, 2.05) is 20.8 Å². The lowest BCUT2D eigenvalue weighted by atomic mass is 10.4. The molecule has 9 heavy (non-hydrogen) atoms. The van der Waals surface area contributed by atoms with Gasteiger partial charge in [0.15, 0.2) is 0 Å². The fourth-order valence-electron chi connectivity index (χ4n) is 0.572. The van der Waals surface area contributed by atoms with Crippen LogP contribution in [-0.2, 0) is 0 Å². The summed E-state index contributed by atoms with van der Waals surface area (Å²) in [4.78, 5) is 4.20. The van der Waals surface area contributed by atoms with E-state index in [0.717, 1.165) is 5.84 Å². The zero-order valence-electron chi connectivity index (χ0n) is 6.31. The van der Waals surface area contributed by atoms with E-state index in [-0.39, 0.29) is 0 Å². The highest BCUT2D eigenvalue weighted by molar-refractivity contribution is 5.80. The zero-order chi connectivity index (χ0) is 7.28. The molecule has 0 rings (SSSR count). The molecule has 0 aromatic rings. The minimum atomic E-state index is 0.359. The molecule has 0 aliphatic rings. The van der Waals surface area contributed by atoms with Crippen LogP contribution in [0.1, 0.15) is 20.8 Å². The maximum atomic E-state index is 4.20. The van der Waals surface area contributed by atoms with Crippen LogP contribution in [0.4, 0.5) is 0 Å². The molecule has 0 saturated heterocycles. The van der Waals surface area contributed by atoms with Crippen molar-refractivity contribution in [2.45, 2.75) is 26.8 Å². The third-order valence-electron chi connectivity index (χ3n) is 0.763. The number of rotatable bonds is 2. The van der Waals surface area contributed by atoms with E-state index in [4.69, 9.17) is 0 Å². The zero-order valence-corrected chi connectivity index (χ0v) is 6.31. The van der Waals surface area contributed by atoms with E-state index in [0.29, 0.717) is 6.04 Å². The second kappa shape index (κ2) is 4.13. The molecule has 0 aromatic carbocycles. The maximum absolute atomic E-state index is 4.20. The minimum absolute atomic E-state index is 0.359. The highest BCUT2D eigenvalue weighted by Gasteiger charge is 1.87. The topological polar surface area (TPSA) is 24.4 Å². The Kier molecular flexibility index (Phi) is 3.76. The van der Waals surface area contributed by atoms with Gasteiger partial charge in [0.2, 0.25) is 0 Å². The van der Waals surface area contributed by atoms with Gasteiger partial charge in [0.1, 0.15) is 0 Å². The van der Waals surface area contributed by atoms with Crippen LogP contribution in [0.25, 0.3) is 0 Å². The van der Waals surface area contributed by atoms with Crippen LogP contribution in [0.2, 0.25) is 0 Å². The summed E-state index contributed by atoms with van der Waals surface area (Å²) >= 11 is 0. The molecule has 1 N–H and O–H groups in total. The molecule has 2 nitrogen and oxygen atoms in total. The number of nitrogens with zero attached hydrogens (tertiary/aromatic N) is 1. The predicted molar refractivity (Wildman–Crippen MR) is 41.6 cm³/mol. The molecule has 0 unspecified atom stereocenters. The van der Waals surface area contributed by atoms with Gasteiger partial charge < -0.3 is 5.32 Å². The Bertz CT molecular complexity index is 114. The van der Waals surface area contributed by atoms with Crippen LogP contribution >= 0.6 is 0 Å². The second-order valence-electron chi connectivity index (χ2n) is 2.16. The van der Waals surface area contributed by atoms with Gasteiger partial charge in [0.05, 0.1) is 5.84 Å². The summed E-state index contributed by atoms with van der Waals surface area (Å²) in [6.07, 6.45) is 1.63. The Balaban J connectivity index is 3.68. The van der Waals surface area contributed by atoms with Crippen LogP contribution in [0, 0.1) is 0 Å². The molecule has 0 bridgehead atoms. The average Bonchev–Trinajstić information content (AvgIpc) is 1.63. The smallest absolute Gasteiger partial charge is 0.0973 e. The summed E-state index contributed by atoms with van der Waals surface area (Å²) in [5.74, 6) is 0.917. The monoisotopic (exact) mass is 126 g/mol. The van der Waals surface area contributed by atoms with Crippen LogP contribution in [-0.4, -0.2) is 11.9 Å². The van der Waals surface area contributed by atoms with Gasteiger partial charge in [-0.15, -0.1) is 0 Å². The molecular weight excluding hydrogens is 112 g/mol. The maximum Gasteiger partial charge on any atom is 0.0973 e. The summed E-state index contributed by atoms with van der Waals surface area (Å²) in [6.45, 7) is 9.51. The lowest BCUT2D eigenvalue weighted by molar-refractivity contribution is 0.827. The highest BCUT2D eigenvalue weighted by atomic mass is 15.0. The molecule has 0 amide bonds. The van der Waals surface area contributed by atoms with E-state index in [1.165, 1.54) is 0 Å². The van der Waals surface area contributed by atoms with Crippen molar-refractivity contribution in [1.82, 2.24) is 5.32 Å². The number of aliphatic imine (C=N–C) groups is 1. The SMILES string of the molecule is C=CNC(C)=NC(C)C. The average molecular weight is 126 g/mol. The van der Waals surface area contributed by atoms with Gasteiger partial charge in [0, 0.05) is 6.04 Å². The molecule has 52 valence electrons.